The van der Waals surface area contributed by atoms with Crippen LogP contribution in [-0.4, -0.2) is 35.5 Å². The van der Waals surface area contributed by atoms with E-state index in [9.17, 15) is 4.79 Å². The quantitative estimate of drug-likeness (QED) is 0.433. The topological polar surface area (TPSA) is 45.3 Å². The van der Waals surface area contributed by atoms with Crippen molar-refractivity contribution in [1.82, 2.24) is 9.88 Å². The number of piperidine rings is 1. The molecule has 0 bridgehead atoms. The smallest absolute Gasteiger partial charge is 0.248 e. The van der Waals surface area contributed by atoms with Crippen LogP contribution < -0.4 is 0 Å². The predicted molar refractivity (Wildman–Crippen MR) is 128 cm³/mol. The number of benzene rings is 3. The van der Waals surface area contributed by atoms with E-state index in [2.05, 4.69) is 59.7 Å². The van der Waals surface area contributed by atoms with Crippen LogP contribution >= 0.6 is 0 Å². The van der Waals surface area contributed by atoms with E-state index in [4.69, 9.17) is 4.74 Å². The average molecular weight is 425 g/mol. The van der Waals surface area contributed by atoms with Crippen molar-refractivity contribution in [3.05, 3.63) is 108 Å². The summed E-state index contributed by atoms with van der Waals surface area (Å²) in [6.45, 7) is 1.63. The molecule has 1 amide bonds. The molecule has 32 heavy (non-hydrogen) atoms. The summed E-state index contributed by atoms with van der Waals surface area (Å²) in [6.07, 6.45) is 3.85. The maximum absolute atomic E-state index is 13.0. The van der Waals surface area contributed by atoms with Crippen molar-refractivity contribution >= 4 is 16.8 Å². The van der Waals surface area contributed by atoms with Crippen LogP contribution in [0.2, 0.25) is 0 Å². The van der Waals surface area contributed by atoms with Gasteiger partial charge in [-0.2, -0.15) is 0 Å². The number of rotatable bonds is 6. The molecule has 1 saturated heterocycles. The second-order valence-electron chi connectivity index (χ2n) is 8.46. The molecule has 0 saturated carbocycles. The maximum atomic E-state index is 13.0. The summed E-state index contributed by atoms with van der Waals surface area (Å²) in [5, 5.41) is 1.30. The molecule has 4 aromatic rings. The molecule has 0 unspecified atom stereocenters. The number of hydrogen-bond donors (Lipinski definition) is 1. The van der Waals surface area contributed by atoms with E-state index in [-0.39, 0.29) is 18.6 Å². The van der Waals surface area contributed by atoms with Crippen LogP contribution in [0.3, 0.4) is 0 Å². The first-order valence-corrected chi connectivity index (χ1v) is 11.3. The van der Waals surface area contributed by atoms with Crippen LogP contribution in [0.25, 0.3) is 10.9 Å². The number of aromatic amines is 1. The molecule has 1 aliphatic rings. The molecule has 0 atom stereocenters. The summed E-state index contributed by atoms with van der Waals surface area (Å²) in [7, 11) is 0. The van der Waals surface area contributed by atoms with Gasteiger partial charge in [-0.05, 0) is 41.5 Å². The fourth-order valence-corrected chi connectivity index (χ4v) is 4.76. The Hall–Kier alpha value is -3.37. The highest BCUT2D eigenvalue weighted by atomic mass is 16.5. The second-order valence-corrected chi connectivity index (χ2v) is 8.46. The Labute approximate surface area is 188 Å². The molecule has 1 fully saturated rings. The van der Waals surface area contributed by atoms with Gasteiger partial charge in [-0.25, -0.2) is 0 Å². The average Bonchev–Trinajstić information content (AvgIpc) is 3.30. The lowest BCUT2D eigenvalue weighted by molar-refractivity contribution is -0.138. The lowest BCUT2D eigenvalue weighted by Crippen LogP contribution is -2.40. The van der Waals surface area contributed by atoms with Crippen molar-refractivity contribution in [3.8, 4) is 0 Å². The molecule has 4 heteroatoms. The first kappa shape index (κ1) is 20.5. The number of fused-ring (bicyclic) bond motifs is 1. The monoisotopic (exact) mass is 424 g/mol. The molecule has 1 N–H and O–H groups in total. The van der Waals surface area contributed by atoms with Crippen LogP contribution in [-0.2, 0) is 9.53 Å². The highest BCUT2D eigenvalue weighted by Crippen LogP contribution is 2.33. The number of carbonyl (C=O) groups excluding carboxylic acids is 1. The van der Waals surface area contributed by atoms with Gasteiger partial charge in [0.25, 0.3) is 0 Å². The van der Waals surface area contributed by atoms with E-state index in [1.54, 1.807) is 0 Å². The number of likely N-dealkylation sites (tertiary alicyclic amines) is 1. The number of ether oxygens (including phenoxy) is 1. The van der Waals surface area contributed by atoms with Gasteiger partial charge in [0, 0.05) is 30.2 Å². The second kappa shape index (κ2) is 9.41. The molecule has 5 rings (SSSR count). The largest absolute Gasteiger partial charge is 0.361 e. The first-order valence-electron chi connectivity index (χ1n) is 11.3. The Morgan fingerprint density at radius 1 is 0.875 bits per heavy atom. The number of hydrogen-bond acceptors (Lipinski definition) is 2. The number of aromatic nitrogens is 1. The lowest BCUT2D eigenvalue weighted by Gasteiger charge is -2.32. The predicted octanol–water partition coefficient (Wildman–Crippen LogP) is 5.68. The summed E-state index contributed by atoms with van der Waals surface area (Å²) in [5.74, 6) is 0.553. The molecule has 2 heterocycles. The molecule has 1 aromatic heterocycles. The third-order valence-corrected chi connectivity index (χ3v) is 6.49. The minimum atomic E-state index is -0.245. The van der Waals surface area contributed by atoms with Crippen molar-refractivity contribution in [2.24, 2.45) is 0 Å². The Morgan fingerprint density at radius 3 is 2.12 bits per heavy atom. The summed E-state index contributed by atoms with van der Waals surface area (Å²) >= 11 is 0. The Morgan fingerprint density at radius 2 is 1.47 bits per heavy atom. The van der Waals surface area contributed by atoms with Crippen LogP contribution in [0.15, 0.2) is 91.1 Å². The summed E-state index contributed by atoms with van der Waals surface area (Å²) in [5.41, 5.74) is 4.67. The number of carbonyl (C=O) groups is 1. The normalized spacial score (nSPS) is 14.8. The summed E-state index contributed by atoms with van der Waals surface area (Å²) < 4.78 is 6.19. The molecule has 0 radical (unpaired) electrons. The van der Waals surface area contributed by atoms with Crippen LogP contribution in [0.4, 0.5) is 0 Å². The van der Waals surface area contributed by atoms with E-state index >= 15 is 0 Å². The molecule has 0 aliphatic carbocycles. The van der Waals surface area contributed by atoms with E-state index in [1.165, 1.54) is 16.5 Å². The lowest BCUT2D eigenvalue weighted by atomic mass is 9.89. The number of H-pyrrole nitrogens is 1. The van der Waals surface area contributed by atoms with Gasteiger partial charge in [-0.1, -0.05) is 78.9 Å². The van der Waals surface area contributed by atoms with Gasteiger partial charge in [0.1, 0.15) is 12.7 Å². The zero-order valence-electron chi connectivity index (χ0n) is 18.1. The van der Waals surface area contributed by atoms with Gasteiger partial charge in [-0.3, -0.25) is 4.79 Å². The first-order chi connectivity index (χ1) is 15.8. The Kier molecular flexibility index (Phi) is 6.04. The van der Waals surface area contributed by atoms with Crippen molar-refractivity contribution in [2.75, 3.05) is 19.7 Å². The van der Waals surface area contributed by atoms with E-state index in [0.717, 1.165) is 37.1 Å². The van der Waals surface area contributed by atoms with Crippen molar-refractivity contribution in [3.63, 3.8) is 0 Å². The maximum Gasteiger partial charge on any atom is 0.248 e. The minimum absolute atomic E-state index is 0.0687. The van der Waals surface area contributed by atoms with Crippen LogP contribution in [0.1, 0.15) is 41.6 Å². The summed E-state index contributed by atoms with van der Waals surface area (Å²) in [4.78, 5) is 18.3. The third kappa shape index (κ3) is 4.32. The standard InChI is InChI=1S/C28H28N2O2/c31-27(20-32-28(22-9-3-1-4-10-22)23-11-5-2-6-12-23)30-17-15-21(16-18-30)25-19-29-26-14-8-7-13-24(25)26/h1-14,19,21,28-29H,15-18,20H2. The number of nitrogens with one attached hydrogen (secondary N) is 1. The fraction of sp³-hybridized carbons (Fsp3) is 0.250. The SMILES string of the molecule is O=C(COC(c1ccccc1)c1ccccc1)N1CCC(c2c[nH]c3ccccc23)CC1. The van der Waals surface area contributed by atoms with Gasteiger partial charge in [0.05, 0.1) is 0 Å². The zero-order valence-corrected chi connectivity index (χ0v) is 18.1. The van der Waals surface area contributed by atoms with Gasteiger partial charge in [0.2, 0.25) is 5.91 Å². The Bertz CT molecular complexity index is 1120. The van der Waals surface area contributed by atoms with Crippen molar-refractivity contribution < 1.29 is 9.53 Å². The minimum Gasteiger partial charge on any atom is -0.361 e. The Balaban J connectivity index is 1.22. The van der Waals surface area contributed by atoms with E-state index in [0.29, 0.717) is 5.92 Å². The van der Waals surface area contributed by atoms with Crippen molar-refractivity contribution in [1.29, 1.82) is 0 Å². The number of nitrogens with zero attached hydrogens (tertiary/aromatic N) is 1. The molecular weight excluding hydrogens is 396 g/mol. The third-order valence-electron chi connectivity index (χ3n) is 6.49. The van der Waals surface area contributed by atoms with Crippen LogP contribution in [0, 0.1) is 0 Å². The highest BCUT2D eigenvalue weighted by molar-refractivity contribution is 5.83. The van der Waals surface area contributed by atoms with Gasteiger partial charge in [-0.15, -0.1) is 0 Å². The van der Waals surface area contributed by atoms with E-state index in [1.807, 2.05) is 41.3 Å². The fourth-order valence-electron chi connectivity index (χ4n) is 4.76. The number of para-hydroxylation sites is 1. The van der Waals surface area contributed by atoms with Crippen LogP contribution in [0.5, 0.6) is 0 Å². The van der Waals surface area contributed by atoms with Gasteiger partial charge in [0.15, 0.2) is 0 Å². The number of amides is 1. The zero-order chi connectivity index (χ0) is 21.8. The molecule has 162 valence electrons. The van der Waals surface area contributed by atoms with E-state index < -0.39 is 0 Å². The molecule has 0 spiro atoms. The molecular formula is C28H28N2O2. The molecule has 1 aliphatic heterocycles. The van der Waals surface area contributed by atoms with Gasteiger partial charge < -0.3 is 14.6 Å². The molecule has 3 aromatic carbocycles. The van der Waals surface area contributed by atoms with Gasteiger partial charge >= 0.3 is 0 Å². The summed E-state index contributed by atoms with van der Waals surface area (Å²) in [6, 6.07) is 28.7. The highest BCUT2D eigenvalue weighted by Gasteiger charge is 2.26. The molecule has 4 nitrogen and oxygen atoms in total. The van der Waals surface area contributed by atoms with Crippen molar-refractivity contribution in [2.45, 2.75) is 24.9 Å².